The van der Waals surface area contributed by atoms with E-state index in [-0.39, 0.29) is 17.9 Å². The average molecular weight is 282 g/mol. The maximum Gasteiger partial charge on any atom is 0.345 e. The first-order chi connectivity index (χ1) is 9.66. The van der Waals surface area contributed by atoms with E-state index < -0.39 is 11.8 Å². The summed E-state index contributed by atoms with van der Waals surface area (Å²) in [6.07, 6.45) is 11.1. The number of esters is 1. The maximum atomic E-state index is 11.3. The van der Waals surface area contributed by atoms with Crippen molar-refractivity contribution in [1.29, 1.82) is 0 Å². The summed E-state index contributed by atoms with van der Waals surface area (Å²) in [7, 11) is 0. The summed E-state index contributed by atoms with van der Waals surface area (Å²) in [5.41, 5.74) is -0.135. The quantitative estimate of drug-likeness (QED) is 0.217. The third-order valence-electron chi connectivity index (χ3n) is 3.62. The summed E-state index contributed by atoms with van der Waals surface area (Å²) >= 11 is 0. The van der Waals surface area contributed by atoms with E-state index in [4.69, 9.17) is 0 Å². The van der Waals surface area contributed by atoms with E-state index in [1.165, 1.54) is 38.5 Å². The van der Waals surface area contributed by atoms with Crippen molar-refractivity contribution in [3.05, 3.63) is 11.3 Å². The highest BCUT2D eigenvalue weighted by molar-refractivity contribution is 6.22. The van der Waals surface area contributed by atoms with Crippen LogP contribution in [0, 0.1) is 0 Å². The molecule has 0 spiro atoms. The van der Waals surface area contributed by atoms with Gasteiger partial charge in [-0.2, -0.15) is 0 Å². The van der Waals surface area contributed by atoms with Crippen LogP contribution in [0.4, 0.5) is 0 Å². The summed E-state index contributed by atoms with van der Waals surface area (Å²) in [6, 6.07) is 0. The molecule has 0 aromatic rings. The first kappa shape index (κ1) is 16.7. The second-order valence-electron chi connectivity index (χ2n) is 5.40. The topological polar surface area (TPSA) is 63.6 Å². The Labute approximate surface area is 121 Å². The minimum atomic E-state index is -0.677. The number of carbonyl (C=O) groups excluding carboxylic acids is 2. The predicted molar refractivity (Wildman–Crippen MR) is 77.5 cm³/mol. The Morgan fingerprint density at radius 3 is 2.05 bits per heavy atom. The second kappa shape index (κ2) is 9.56. The monoisotopic (exact) mass is 282 g/mol. The third kappa shape index (κ3) is 5.76. The molecule has 1 saturated heterocycles. The smallest absolute Gasteiger partial charge is 0.345 e. The lowest BCUT2D eigenvalue weighted by Crippen LogP contribution is -2.05. The minimum absolute atomic E-state index is 0.0968. The largest absolute Gasteiger partial charge is 0.511 e. The lowest BCUT2D eigenvalue weighted by Gasteiger charge is -2.03. The molecule has 0 aliphatic carbocycles. The van der Waals surface area contributed by atoms with E-state index in [9.17, 15) is 14.7 Å². The number of aliphatic hydroxyl groups excluding tert-OH is 1. The highest BCUT2D eigenvalue weighted by Crippen LogP contribution is 2.18. The van der Waals surface area contributed by atoms with Gasteiger partial charge >= 0.3 is 5.97 Å². The Bertz CT molecular complexity index is 339. The van der Waals surface area contributed by atoms with Gasteiger partial charge in [0.15, 0.2) is 6.61 Å². The van der Waals surface area contributed by atoms with E-state index in [0.29, 0.717) is 6.42 Å². The van der Waals surface area contributed by atoms with Crippen LogP contribution in [0.1, 0.15) is 71.1 Å². The van der Waals surface area contributed by atoms with Crippen LogP contribution in [0.3, 0.4) is 0 Å². The van der Waals surface area contributed by atoms with Crippen LogP contribution in [0.2, 0.25) is 0 Å². The van der Waals surface area contributed by atoms with Gasteiger partial charge in [0.1, 0.15) is 11.3 Å². The minimum Gasteiger partial charge on any atom is -0.511 e. The number of aliphatic hydroxyl groups is 1. The number of rotatable bonds is 10. The van der Waals surface area contributed by atoms with Gasteiger partial charge in [0.25, 0.3) is 0 Å². The molecule has 20 heavy (non-hydrogen) atoms. The average Bonchev–Trinajstić information content (AvgIpc) is 2.76. The number of unbranched alkanes of at least 4 members (excludes halogenated alkanes) is 8. The number of Topliss-reactive ketones (excluding diaryl/α,β-unsaturated/α-hetero) is 1. The summed E-state index contributed by atoms with van der Waals surface area (Å²) in [4.78, 5) is 22.5. The maximum absolute atomic E-state index is 11.3. The van der Waals surface area contributed by atoms with E-state index in [2.05, 4.69) is 11.7 Å². The number of hydrogen-bond donors (Lipinski definition) is 1. The Balaban J connectivity index is 2.08. The van der Waals surface area contributed by atoms with Gasteiger partial charge in [-0.05, 0) is 6.42 Å². The van der Waals surface area contributed by atoms with Gasteiger partial charge in [0.2, 0.25) is 5.78 Å². The van der Waals surface area contributed by atoms with E-state index >= 15 is 0 Å². The van der Waals surface area contributed by atoms with E-state index in [1.807, 2.05) is 0 Å². The molecule has 0 unspecified atom stereocenters. The van der Waals surface area contributed by atoms with Crippen LogP contribution < -0.4 is 0 Å². The fraction of sp³-hybridized carbons (Fsp3) is 0.750. The normalized spacial score (nSPS) is 17.4. The highest BCUT2D eigenvalue weighted by atomic mass is 16.5. The summed E-state index contributed by atoms with van der Waals surface area (Å²) < 4.78 is 4.58. The number of ether oxygens (including phenoxy) is 1. The Kier molecular flexibility index (Phi) is 8.00. The van der Waals surface area contributed by atoms with Crippen molar-refractivity contribution in [3.8, 4) is 0 Å². The van der Waals surface area contributed by atoms with E-state index in [1.54, 1.807) is 0 Å². The lowest BCUT2D eigenvalue weighted by atomic mass is 10.0. The molecule has 1 rings (SSSR count). The van der Waals surface area contributed by atoms with Crippen molar-refractivity contribution in [2.75, 3.05) is 6.61 Å². The number of cyclic esters (lactones) is 1. The zero-order valence-electron chi connectivity index (χ0n) is 12.5. The first-order valence-corrected chi connectivity index (χ1v) is 7.79. The highest BCUT2D eigenvalue weighted by Gasteiger charge is 2.31. The molecule has 4 heteroatoms. The van der Waals surface area contributed by atoms with Crippen LogP contribution >= 0.6 is 0 Å². The summed E-state index contributed by atoms with van der Waals surface area (Å²) in [6.45, 7) is 1.99. The molecule has 1 fully saturated rings. The Morgan fingerprint density at radius 2 is 1.55 bits per heavy atom. The lowest BCUT2D eigenvalue weighted by molar-refractivity contribution is -0.135. The molecule has 0 aromatic heterocycles. The first-order valence-electron chi connectivity index (χ1n) is 7.79. The summed E-state index contributed by atoms with van der Waals surface area (Å²) in [5.74, 6) is -1.17. The van der Waals surface area contributed by atoms with Gasteiger partial charge in [-0.3, -0.25) is 4.79 Å². The van der Waals surface area contributed by atoms with Crippen LogP contribution in [-0.2, 0) is 14.3 Å². The van der Waals surface area contributed by atoms with Crippen LogP contribution in [0.25, 0.3) is 0 Å². The Morgan fingerprint density at radius 1 is 1.00 bits per heavy atom. The van der Waals surface area contributed by atoms with Gasteiger partial charge in [-0.25, -0.2) is 4.79 Å². The molecule has 0 radical (unpaired) electrons. The van der Waals surface area contributed by atoms with Crippen molar-refractivity contribution in [1.82, 2.24) is 0 Å². The molecule has 1 heterocycles. The molecule has 0 saturated carbocycles. The molecule has 0 atom stereocenters. The van der Waals surface area contributed by atoms with Gasteiger partial charge in [0.05, 0.1) is 0 Å². The predicted octanol–water partition coefficient (Wildman–Crippen LogP) is 3.85. The molecular weight excluding hydrogens is 256 g/mol. The van der Waals surface area contributed by atoms with Crippen molar-refractivity contribution in [3.63, 3.8) is 0 Å². The number of carbonyl (C=O) groups is 2. The van der Waals surface area contributed by atoms with E-state index in [0.717, 1.165) is 19.3 Å². The molecule has 0 bridgehead atoms. The SMILES string of the molecule is CCCCCCCCCCC/C(O)=C1\C(=O)COC1=O. The fourth-order valence-electron chi connectivity index (χ4n) is 2.40. The molecule has 1 aliphatic rings. The number of ketones is 1. The van der Waals surface area contributed by atoms with Gasteiger partial charge in [-0.1, -0.05) is 58.3 Å². The summed E-state index contributed by atoms with van der Waals surface area (Å²) in [5, 5.41) is 9.75. The zero-order valence-corrected chi connectivity index (χ0v) is 12.5. The third-order valence-corrected chi connectivity index (χ3v) is 3.62. The zero-order chi connectivity index (χ0) is 14.8. The van der Waals surface area contributed by atoms with Crippen LogP contribution in [-0.4, -0.2) is 23.5 Å². The van der Waals surface area contributed by atoms with Crippen LogP contribution in [0.5, 0.6) is 0 Å². The molecule has 0 aromatic carbocycles. The molecule has 0 amide bonds. The van der Waals surface area contributed by atoms with Crippen molar-refractivity contribution in [2.45, 2.75) is 71.1 Å². The van der Waals surface area contributed by atoms with Gasteiger partial charge in [-0.15, -0.1) is 0 Å². The Hall–Kier alpha value is -1.32. The van der Waals surface area contributed by atoms with Crippen molar-refractivity contribution >= 4 is 11.8 Å². The second-order valence-corrected chi connectivity index (χ2v) is 5.40. The van der Waals surface area contributed by atoms with Gasteiger partial charge in [0, 0.05) is 6.42 Å². The molecule has 1 aliphatic heterocycles. The molecule has 114 valence electrons. The molecule has 4 nitrogen and oxygen atoms in total. The number of allylic oxidation sites excluding steroid dienone is 1. The number of hydrogen-bond acceptors (Lipinski definition) is 4. The molecular formula is C16H26O4. The van der Waals surface area contributed by atoms with Crippen molar-refractivity contribution in [2.24, 2.45) is 0 Å². The fourth-order valence-corrected chi connectivity index (χ4v) is 2.40. The standard InChI is InChI=1S/C16H26O4/c1-2-3-4-5-6-7-8-9-10-11-13(17)15-14(18)12-20-16(15)19/h17H,2-12H2,1H3/b15-13-. The van der Waals surface area contributed by atoms with Crippen LogP contribution in [0.15, 0.2) is 11.3 Å². The van der Waals surface area contributed by atoms with Gasteiger partial charge < -0.3 is 9.84 Å². The molecule has 1 N–H and O–H groups in total. The van der Waals surface area contributed by atoms with Crippen molar-refractivity contribution < 1.29 is 19.4 Å².